The Labute approximate surface area is 222 Å². The van der Waals surface area contributed by atoms with Gasteiger partial charge in [0, 0.05) is 62.4 Å². The van der Waals surface area contributed by atoms with Crippen LogP contribution in [0.1, 0.15) is 47.6 Å². The first-order valence-electron chi connectivity index (χ1n) is 13.3. The van der Waals surface area contributed by atoms with Crippen molar-refractivity contribution in [3.05, 3.63) is 65.9 Å². The molecule has 5 heterocycles. The molecule has 10 nitrogen and oxygen atoms in total. The molecule has 3 aliphatic rings. The van der Waals surface area contributed by atoms with Crippen LogP contribution in [0.3, 0.4) is 0 Å². The summed E-state index contributed by atoms with van der Waals surface area (Å²) in [6.07, 6.45) is 5.99. The summed E-state index contributed by atoms with van der Waals surface area (Å²) in [6, 6.07) is 11.8. The van der Waals surface area contributed by atoms with Crippen LogP contribution in [0.15, 0.2) is 48.9 Å². The molecule has 1 saturated heterocycles. The topological polar surface area (TPSA) is 95.8 Å². The van der Waals surface area contributed by atoms with Crippen LogP contribution in [0.25, 0.3) is 0 Å². The minimum Gasteiger partial charge on any atom is -0.497 e. The lowest BCUT2D eigenvalue weighted by Crippen LogP contribution is -2.49. The third-order valence-corrected chi connectivity index (χ3v) is 8.14. The fourth-order valence-corrected chi connectivity index (χ4v) is 5.95. The first kappa shape index (κ1) is 24.3. The molecule has 0 spiro atoms. The Kier molecular flexibility index (Phi) is 6.39. The smallest absolute Gasteiger partial charge is 0.322 e. The molecule has 1 atom stereocenters. The van der Waals surface area contributed by atoms with Gasteiger partial charge in [-0.05, 0) is 62.1 Å². The first-order chi connectivity index (χ1) is 18.5. The van der Waals surface area contributed by atoms with E-state index in [4.69, 9.17) is 4.74 Å². The van der Waals surface area contributed by atoms with Crippen LogP contribution in [0.2, 0.25) is 0 Å². The second-order valence-corrected chi connectivity index (χ2v) is 10.2. The lowest BCUT2D eigenvalue weighted by Gasteiger charge is -2.38. The molecule has 10 heteroatoms. The summed E-state index contributed by atoms with van der Waals surface area (Å²) >= 11 is 0. The predicted octanol–water partition coefficient (Wildman–Crippen LogP) is 3.56. The number of hydrogen-bond donors (Lipinski definition) is 1. The predicted molar refractivity (Wildman–Crippen MR) is 144 cm³/mol. The van der Waals surface area contributed by atoms with Gasteiger partial charge in [0.05, 0.1) is 13.2 Å². The van der Waals surface area contributed by atoms with Crippen molar-refractivity contribution in [2.45, 2.75) is 44.8 Å². The maximum absolute atomic E-state index is 13.4. The fraction of sp³-hybridized carbons (Fsp3) is 0.429. The molecule has 1 aromatic carbocycles. The molecule has 3 amide bonds. The van der Waals surface area contributed by atoms with E-state index in [0.717, 1.165) is 67.4 Å². The van der Waals surface area contributed by atoms with Gasteiger partial charge in [-0.25, -0.2) is 14.8 Å². The molecule has 0 radical (unpaired) electrons. The van der Waals surface area contributed by atoms with Crippen molar-refractivity contribution in [2.75, 3.05) is 43.5 Å². The maximum atomic E-state index is 13.4. The number of rotatable bonds is 4. The van der Waals surface area contributed by atoms with Gasteiger partial charge in [-0.15, -0.1) is 0 Å². The van der Waals surface area contributed by atoms with E-state index in [2.05, 4.69) is 43.9 Å². The van der Waals surface area contributed by atoms with E-state index in [0.29, 0.717) is 18.8 Å². The monoisotopic (exact) mass is 515 g/mol. The third-order valence-electron chi connectivity index (χ3n) is 8.14. The molecule has 198 valence electrons. The van der Waals surface area contributed by atoms with Crippen molar-refractivity contribution in [1.29, 1.82) is 0 Å². The lowest BCUT2D eigenvalue weighted by atomic mass is 10.0. The highest BCUT2D eigenvalue weighted by Gasteiger charge is 2.32. The quantitative estimate of drug-likeness (QED) is 0.571. The second-order valence-electron chi connectivity index (χ2n) is 10.2. The average molecular weight is 516 g/mol. The first-order valence-corrected chi connectivity index (χ1v) is 13.3. The van der Waals surface area contributed by atoms with Crippen molar-refractivity contribution in [1.82, 2.24) is 24.3 Å². The maximum Gasteiger partial charge on any atom is 0.322 e. The highest BCUT2D eigenvalue weighted by molar-refractivity contribution is 5.93. The van der Waals surface area contributed by atoms with Crippen LogP contribution in [0.4, 0.5) is 16.3 Å². The number of aromatic nitrogens is 3. The van der Waals surface area contributed by atoms with Crippen LogP contribution >= 0.6 is 0 Å². The van der Waals surface area contributed by atoms with Crippen molar-refractivity contribution < 1.29 is 14.3 Å². The molecule has 6 rings (SSSR count). The number of urea groups is 1. The summed E-state index contributed by atoms with van der Waals surface area (Å²) in [6.45, 7) is 5.68. The molecular formula is C28H33N7O3. The number of hydrogen-bond acceptors (Lipinski definition) is 6. The summed E-state index contributed by atoms with van der Waals surface area (Å²) in [5.41, 5.74) is 3.50. The molecule has 1 unspecified atom stereocenters. The minimum atomic E-state index is -0.0686. The van der Waals surface area contributed by atoms with Gasteiger partial charge in [0.2, 0.25) is 0 Å². The Morgan fingerprint density at radius 2 is 1.89 bits per heavy atom. The van der Waals surface area contributed by atoms with Crippen molar-refractivity contribution in [3.63, 3.8) is 0 Å². The fourth-order valence-electron chi connectivity index (χ4n) is 5.95. The molecule has 0 saturated carbocycles. The molecule has 2 aromatic heterocycles. The van der Waals surface area contributed by atoms with Gasteiger partial charge >= 0.3 is 6.03 Å². The molecule has 1 fully saturated rings. The number of methoxy groups -OCH3 is 1. The number of carbonyl (C=O) groups is 2. The Balaban J connectivity index is 1.10. The zero-order valence-electron chi connectivity index (χ0n) is 21.8. The van der Waals surface area contributed by atoms with E-state index < -0.39 is 0 Å². The number of amides is 3. The van der Waals surface area contributed by atoms with Crippen molar-refractivity contribution >= 4 is 23.4 Å². The number of carbonyl (C=O) groups excluding carboxylic acids is 2. The van der Waals surface area contributed by atoms with Crippen LogP contribution in [0, 0.1) is 0 Å². The summed E-state index contributed by atoms with van der Waals surface area (Å²) in [5.74, 6) is 1.49. The van der Waals surface area contributed by atoms with Crippen LogP contribution in [-0.4, -0.2) is 75.6 Å². The SMILES string of the molecule is COc1ccc2c(c1)CCN(C1CCN(c3cc(C(=O)N4CCn5cccc5C4C)ncn3)CC1)C(=O)N2. The van der Waals surface area contributed by atoms with Gasteiger partial charge < -0.3 is 29.3 Å². The largest absolute Gasteiger partial charge is 0.497 e. The van der Waals surface area contributed by atoms with Crippen molar-refractivity contribution in [2.24, 2.45) is 0 Å². The number of ether oxygens (including phenoxy) is 1. The summed E-state index contributed by atoms with van der Waals surface area (Å²) < 4.78 is 7.55. The number of piperidine rings is 1. The van der Waals surface area contributed by atoms with E-state index in [1.54, 1.807) is 7.11 Å². The Hall–Kier alpha value is -4.08. The Morgan fingerprint density at radius 1 is 1.05 bits per heavy atom. The summed E-state index contributed by atoms with van der Waals surface area (Å²) in [5, 5.41) is 3.08. The molecule has 38 heavy (non-hydrogen) atoms. The van der Waals surface area contributed by atoms with E-state index >= 15 is 0 Å². The number of nitrogens with zero attached hydrogens (tertiary/aromatic N) is 6. The van der Waals surface area contributed by atoms with Crippen molar-refractivity contribution in [3.8, 4) is 5.75 Å². The summed E-state index contributed by atoms with van der Waals surface area (Å²) in [7, 11) is 1.65. The average Bonchev–Trinajstić information content (AvgIpc) is 3.37. The zero-order chi connectivity index (χ0) is 26.2. The minimum absolute atomic E-state index is 0.00703. The van der Waals surface area contributed by atoms with Gasteiger partial charge in [0.1, 0.15) is 23.6 Å². The van der Waals surface area contributed by atoms with Crippen LogP contribution in [0.5, 0.6) is 5.75 Å². The van der Waals surface area contributed by atoms with Crippen LogP contribution in [-0.2, 0) is 13.0 Å². The standard InChI is InChI=1S/C28H33N7O3/c1-19-25-4-3-10-32(25)14-15-34(19)27(36)24-17-26(30-18-29-24)33-11-8-21(9-12-33)35-13-7-20-16-22(38-2)5-6-23(20)31-28(35)37/h3-6,10,16-19,21H,7-9,11-15H2,1-2H3,(H,31,37). The third kappa shape index (κ3) is 4.44. The van der Waals surface area contributed by atoms with E-state index in [1.807, 2.05) is 40.1 Å². The number of nitrogens with one attached hydrogen (secondary N) is 1. The van der Waals surface area contributed by atoms with Crippen LogP contribution < -0.4 is 15.0 Å². The normalized spacial score (nSPS) is 19.9. The number of anilines is 2. The van der Waals surface area contributed by atoms with E-state index in [1.165, 1.54) is 6.33 Å². The van der Waals surface area contributed by atoms with E-state index in [-0.39, 0.29) is 24.0 Å². The molecule has 3 aromatic rings. The Bertz CT molecular complexity index is 1350. The summed E-state index contributed by atoms with van der Waals surface area (Å²) in [4.78, 5) is 41.3. The second kappa shape index (κ2) is 10.00. The lowest BCUT2D eigenvalue weighted by molar-refractivity contribution is 0.0637. The molecule has 0 bridgehead atoms. The van der Waals surface area contributed by atoms with Gasteiger partial charge in [0.25, 0.3) is 5.91 Å². The highest BCUT2D eigenvalue weighted by Crippen LogP contribution is 2.30. The van der Waals surface area contributed by atoms with Gasteiger partial charge in [-0.3, -0.25) is 4.79 Å². The molecule has 0 aliphatic carbocycles. The number of fused-ring (bicyclic) bond motifs is 2. The van der Waals surface area contributed by atoms with E-state index in [9.17, 15) is 9.59 Å². The van der Waals surface area contributed by atoms with Gasteiger partial charge in [-0.2, -0.15) is 0 Å². The zero-order valence-corrected chi connectivity index (χ0v) is 21.8. The Morgan fingerprint density at radius 3 is 2.71 bits per heavy atom. The molecule has 3 aliphatic heterocycles. The molecular weight excluding hydrogens is 482 g/mol. The molecule has 1 N–H and O–H groups in total. The van der Waals surface area contributed by atoms with Gasteiger partial charge in [0.15, 0.2) is 0 Å². The highest BCUT2D eigenvalue weighted by atomic mass is 16.5. The van der Waals surface area contributed by atoms with Gasteiger partial charge in [-0.1, -0.05) is 0 Å². The number of benzene rings is 1.